The smallest absolute Gasteiger partial charge is 0.239 e. The van der Waals surface area contributed by atoms with Gasteiger partial charge in [-0.1, -0.05) is 24.3 Å². The molecule has 0 saturated heterocycles. The number of benzene rings is 2. The van der Waals surface area contributed by atoms with Gasteiger partial charge in [0, 0.05) is 18.0 Å². The van der Waals surface area contributed by atoms with Crippen molar-refractivity contribution in [3.8, 4) is 5.75 Å². The molecule has 0 aliphatic rings. The Balaban J connectivity index is 1.77. The second kappa shape index (κ2) is 10.1. The summed E-state index contributed by atoms with van der Waals surface area (Å²) in [5, 5.41) is 0.774. The van der Waals surface area contributed by atoms with Gasteiger partial charge in [-0.25, -0.2) is 4.98 Å². The number of thiazole rings is 1. The van der Waals surface area contributed by atoms with Gasteiger partial charge in [0.25, 0.3) is 0 Å². The van der Waals surface area contributed by atoms with Gasteiger partial charge in [0.05, 0.1) is 23.1 Å². The number of methoxy groups -OCH3 is 1. The number of hydrogen-bond acceptors (Lipinski definition) is 6. The Morgan fingerprint density at radius 1 is 1.14 bits per heavy atom. The molecule has 0 N–H and O–H groups in total. The van der Waals surface area contributed by atoms with E-state index < -0.39 is 0 Å². The third-order valence-corrected chi connectivity index (χ3v) is 6.61. The first-order valence-electron chi connectivity index (χ1n) is 9.61. The van der Waals surface area contributed by atoms with E-state index >= 15 is 0 Å². The Morgan fingerprint density at radius 3 is 2.55 bits per heavy atom. The topological polar surface area (TPSA) is 45.7 Å². The lowest BCUT2D eigenvalue weighted by Gasteiger charge is -2.21. The number of thioether (sulfide) groups is 1. The molecule has 0 fully saturated rings. The molecule has 0 radical (unpaired) electrons. The van der Waals surface area contributed by atoms with E-state index in [1.807, 2.05) is 43.3 Å². The summed E-state index contributed by atoms with van der Waals surface area (Å²) in [4.78, 5) is 22.8. The Bertz CT molecular complexity index is 954. The first-order valence-corrected chi connectivity index (χ1v) is 11.4. The molecule has 0 aliphatic carbocycles. The van der Waals surface area contributed by atoms with Crippen molar-refractivity contribution in [2.45, 2.75) is 18.2 Å². The number of carbonyl (C=O) groups is 1. The predicted octanol–water partition coefficient (Wildman–Crippen LogP) is 4.55. The highest BCUT2D eigenvalue weighted by Gasteiger charge is 2.20. The van der Waals surface area contributed by atoms with Crippen LogP contribution in [0.3, 0.4) is 0 Å². The molecule has 0 saturated carbocycles. The van der Waals surface area contributed by atoms with Crippen LogP contribution in [0.4, 0.5) is 5.13 Å². The lowest BCUT2D eigenvalue weighted by molar-refractivity contribution is -0.116. The fraction of sp³-hybridized carbons (Fsp3) is 0.364. The van der Waals surface area contributed by atoms with E-state index in [9.17, 15) is 4.79 Å². The SMILES string of the molecule is CCc1ccc2nc(N(CCN(C)C)C(=O)CSc3ccc(OC)cc3)sc2c1. The summed E-state index contributed by atoms with van der Waals surface area (Å²) < 4.78 is 6.32. The maximum atomic E-state index is 13.1. The van der Waals surface area contributed by atoms with E-state index in [-0.39, 0.29) is 5.91 Å². The summed E-state index contributed by atoms with van der Waals surface area (Å²) in [5.74, 6) is 1.26. The molecule has 154 valence electrons. The molecule has 0 bridgehead atoms. The van der Waals surface area contributed by atoms with Crippen LogP contribution in [0, 0.1) is 0 Å². The number of rotatable bonds is 9. The van der Waals surface area contributed by atoms with Gasteiger partial charge in [-0.05, 0) is 62.5 Å². The van der Waals surface area contributed by atoms with Crippen LogP contribution in [-0.2, 0) is 11.2 Å². The number of nitrogens with zero attached hydrogens (tertiary/aromatic N) is 3. The first kappa shape index (κ1) is 21.6. The normalized spacial score (nSPS) is 11.2. The van der Waals surface area contributed by atoms with Crippen LogP contribution >= 0.6 is 23.1 Å². The zero-order chi connectivity index (χ0) is 20.8. The second-order valence-electron chi connectivity index (χ2n) is 6.96. The Hall–Kier alpha value is -2.09. The minimum absolute atomic E-state index is 0.0717. The van der Waals surface area contributed by atoms with E-state index in [4.69, 9.17) is 9.72 Å². The summed E-state index contributed by atoms with van der Waals surface area (Å²) >= 11 is 3.13. The minimum atomic E-state index is 0.0717. The molecule has 0 aliphatic heterocycles. The molecule has 1 amide bonds. The third-order valence-electron chi connectivity index (χ3n) is 4.57. The molecule has 3 aromatic rings. The maximum Gasteiger partial charge on any atom is 0.239 e. The van der Waals surface area contributed by atoms with Crippen LogP contribution in [0.2, 0.25) is 0 Å². The number of amides is 1. The van der Waals surface area contributed by atoms with E-state index in [0.717, 1.165) is 39.0 Å². The molecule has 0 spiro atoms. The number of anilines is 1. The van der Waals surface area contributed by atoms with Crippen LogP contribution < -0.4 is 9.64 Å². The van der Waals surface area contributed by atoms with Gasteiger partial charge in [0.2, 0.25) is 5.91 Å². The van der Waals surface area contributed by atoms with Crippen LogP contribution in [0.5, 0.6) is 5.75 Å². The summed E-state index contributed by atoms with van der Waals surface area (Å²) in [5.41, 5.74) is 2.24. The highest BCUT2D eigenvalue weighted by atomic mass is 32.2. The number of aromatic nitrogens is 1. The average molecular weight is 430 g/mol. The van der Waals surface area contributed by atoms with E-state index in [1.165, 1.54) is 17.3 Å². The molecular formula is C22H27N3O2S2. The maximum absolute atomic E-state index is 13.1. The van der Waals surface area contributed by atoms with Gasteiger partial charge in [0.1, 0.15) is 5.75 Å². The molecule has 2 aromatic carbocycles. The number of likely N-dealkylation sites (N-methyl/N-ethyl adjacent to an activating group) is 1. The second-order valence-corrected chi connectivity index (χ2v) is 9.02. The van der Waals surface area contributed by atoms with Crippen molar-refractivity contribution in [3.63, 3.8) is 0 Å². The van der Waals surface area contributed by atoms with Gasteiger partial charge in [0.15, 0.2) is 5.13 Å². The van der Waals surface area contributed by atoms with Gasteiger partial charge in [-0.2, -0.15) is 0 Å². The van der Waals surface area contributed by atoms with Crippen molar-refractivity contribution >= 4 is 44.4 Å². The van der Waals surface area contributed by atoms with Gasteiger partial charge >= 0.3 is 0 Å². The molecule has 1 aromatic heterocycles. The first-order chi connectivity index (χ1) is 14.0. The van der Waals surface area contributed by atoms with Crippen molar-refractivity contribution < 1.29 is 9.53 Å². The summed E-state index contributed by atoms with van der Waals surface area (Å²) in [6, 6.07) is 14.1. The van der Waals surface area contributed by atoms with E-state index in [2.05, 4.69) is 30.0 Å². The molecular weight excluding hydrogens is 402 g/mol. The average Bonchev–Trinajstić information content (AvgIpc) is 3.15. The number of ether oxygens (including phenoxy) is 1. The zero-order valence-electron chi connectivity index (χ0n) is 17.3. The van der Waals surface area contributed by atoms with Crippen molar-refractivity contribution in [1.82, 2.24) is 9.88 Å². The third kappa shape index (κ3) is 5.72. The predicted molar refractivity (Wildman–Crippen MR) is 124 cm³/mol. The Labute approximate surface area is 180 Å². The fourth-order valence-electron chi connectivity index (χ4n) is 2.81. The van der Waals surface area contributed by atoms with Crippen LogP contribution in [0.1, 0.15) is 12.5 Å². The minimum Gasteiger partial charge on any atom is -0.497 e. The summed E-state index contributed by atoms with van der Waals surface area (Å²) in [6.07, 6.45) is 0.991. The number of hydrogen-bond donors (Lipinski definition) is 0. The van der Waals surface area contributed by atoms with Crippen molar-refractivity contribution in [3.05, 3.63) is 48.0 Å². The Kier molecular flexibility index (Phi) is 7.52. The highest BCUT2D eigenvalue weighted by Crippen LogP contribution is 2.31. The van der Waals surface area contributed by atoms with Crippen LogP contribution in [0.25, 0.3) is 10.2 Å². The van der Waals surface area contributed by atoms with Crippen LogP contribution in [-0.4, -0.2) is 55.8 Å². The number of aryl methyl sites for hydroxylation is 1. The van der Waals surface area contributed by atoms with Gasteiger partial charge in [-0.3, -0.25) is 9.69 Å². The molecule has 29 heavy (non-hydrogen) atoms. The van der Waals surface area contributed by atoms with Crippen molar-refractivity contribution in [2.24, 2.45) is 0 Å². The zero-order valence-corrected chi connectivity index (χ0v) is 19.0. The molecule has 3 rings (SSSR count). The number of carbonyl (C=O) groups excluding carboxylic acids is 1. The van der Waals surface area contributed by atoms with Crippen molar-refractivity contribution in [1.29, 1.82) is 0 Å². The van der Waals surface area contributed by atoms with E-state index in [0.29, 0.717) is 12.3 Å². The van der Waals surface area contributed by atoms with Crippen LogP contribution in [0.15, 0.2) is 47.4 Å². The molecule has 0 unspecified atom stereocenters. The summed E-state index contributed by atoms with van der Waals surface area (Å²) in [7, 11) is 5.68. The van der Waals surface area contributed by atoms with Gasteiger partial charge in [-0.15, -0.1) is 11.8 Å². The van der Waals surface area contributed by atoms with Gasteiger partial charge < -0.3 is 9.64 Å². The standard InChI is InChI=1S/C22H27N3O2S2/c1-5-16-6-11-19-20(14-16)29-22(23-19)25(13-12-24(2)3)21(26)15-28-18-9-7-17(27-4)8-10-18/h6-11,14H,5,12-13,15H2,1-4H3. The molecule has 7 heteroatoms. The molecule has 0 atom stereocenters. The largest absolute Gasteiger partial charge is 0.497 e. The quantitative estimate of drug-likeness (QED) is 0.467. The Morgan fingerprint density at radius 2 is 1.90 bits per heavy atom. The molecule has 1 heterocycles. The van der Waals surface area contributed by atoms with E-state index in [1.54, 1.807) is 18.4 Å². The van der Waals surface area contributed by atoms with Crippen molar-refractivity contribution in [2.75, 3.05) is 44.9 Å². The lowest BCUT2D eigenvalue weighted by atomic mass is 10.2. The lowest BCUT2D eigenvalue weighted by Crippen LogP contribution is -2.37. The summed E-state index contributed by atoms with van der Waals surface area (Å²) in [6.45, 7) is 3.55. The fourth-order valence-corrected chi connectivity index (χ4v) is 4.66. The molecule has 5 nitrogen and oxygen atoms in total. The highest BCUT2D eigenvalue weighted by molar-refractivity contribution is 8.00. The number of fused-ring (bicyclic) bond motifs is 1. The monoisotopic (exact) mass is 429 g/mol.